The number of nitrogens with zero attached hydrogens (tertiary/aromatic N) is 4. The van der Waals surface area contributed by atoms with Crippen molar-refractivity contribution in [3.05, 3.63) is 29.3 Å². The van der Waals surface area contributed by atoms with Gasteiger partial charge in [-0.15, -0.1) is 5.10 Å². The second-order valence-corrected chi connectivity index (χ2v) is 6.05. The third-order valence-corrected chi connectivity index (χ3v) is 3.96. The number of aromatic nitrogens is 3. The molecule has 3 rings (SSSR count). The van der Waals surface area contributed by atoms with Gasteiger partial charge in [-0.2, -0.15) is 10.2 Å². The van der Waals surface area contributed by atoms with E-state index in [1.807, 2.05) is 0 Å². The molecule has 8 heteroatoms. The first-order chi connectivity index (χ1) is 10.8. The first-order valence-corrected chi connectivity index (χ1v) is 7.16. The van der Waals surface area contributed by atoms with Gasteiger partial charge in [-0.25, -0.2) is 4.68 Å². The van der Waals surface area contributed by atoms with Crippen molar-refractivity contribution in [2.45, 2.75) is 31.6 Å². The number of hydrogen-bond donors (Lipinski definition) is 3. The molecule has 2 heterocycles. The van der Waals surface area contributed by atoms with Crippen molar-refractivity contribution in [1.82, 2.24) is 14.8 Å². The molecule has 1 aliphatic heterocycles. The third-order valence-electron chi connectivity index (χ3n) is 3.96. The van der Waals surface area contributed by atoms with Gasteiger partial charge in [0.1, 0.15) is 17.5 Å². The van der Waals surface area contributed by atoms with Crippen LogP contribution in [-0.2, 0) is 7.05 Å². The number of nitrogens with two attached hydrogens (primary N) is 1. The maximum Gasteiger partial charge on any atom is 0.244 e. The molecule has 0 radical (unpaired) electrons. The highest BCUT2D eigenvalue weighted by Crippen LogP contribution is 2.41. The summed E-state index contributed by atoms with van der Waals surface area (Å²) in [5.41, 5.74) is 6.05. The Morgan fingerprint density at radius 1 is 1.48 bits per heavy atom. The van der Waals surface area contributed by atoms with Gasteiger partial charge in [0.2, 0.25) is 11.9 Å². The number of anilines is 2. The van der Waals surface area contributed by atoms with Gasteiger partial charge in [0, 0.05) is 12.6 Å². The summed E-state index contributed by atoms with van der Waals surface area (Å²) in [7, 11) is 1.68. The minimum absolute atomic E-state index is 0.263. The minimum atomic E-state index is -0.867. The Bertz CT molecular complexity index is 772. The molecule has 2 aromatic rings. The lowest BCUT2D eigenvalue weighted by molar-refractivity contribution is -0.0534. The molecule has 0 saturated carbocycles. The first-order valence-electron chi connectivity index (χ1n) is 7.16. The van der Waals surface area contributed by atoms with E-state index in [1.54, 1.807) is 39.1 Å². The number of rotatable bonds is 2. The fourth-order valence-electron chi connectivity index (χ4n) is 2.62. The molecule has 0 amide bonds. The van der Waals surface area contributed by atoms with Crippen LogP contribution in [0.4, 0.5) is 11.9 Å². The quantitative estimate of drug-likeness (QED) is 0.754. The number of nitriles is 1. The molecule has 0 bridgehead atoms. The highest BCUT2D eigenvalue weighted by atomic mass is 16.5. The van der Waals surface area contributed by atoms with Crippen LogP contribution in [0.2, 0.25) is 0 Å². The number of fused-ring (bicyclic) bond motifs is 1. The second kappa shape index (κ2) is 5.14. The van der Waals surface area contributed by atoms with E-state index in [-0.39, 0.29) is 5.95 Å². The molecular weight excluding hydrogens is 296 g/mol. The molecule has 2 atom stereocenters. The number of nitrogen functional groups attached to an aromatic ring is 1. The molecule has 1 aliphatic rings. The fourth-order valence-corrected chi connectivity index (χ4v) is 2.62. The van der Waals surface area contributed by atoms with Gasteiger partial charge >= 0.3 is 0 Å². The summed E-state index contributed by atoms with van der Waals surface area (Å²) in [6.07, 6.45) is -0.867. The normalized spacial score (nSPS) is 21.9. The number of benzene rings is 1. The van der Waals surface area contributed by atoms with Gasteiger partial charge < -0.3 is 20.9 Å². The molecule has 1 aromatic heterocycles. The zero-order valence-corrected chi connectivity index (χ0v) is 13.1. The number of aliphatic hydroxyl groups is 1. The molecule has 0 fully saturated rings. The van der Waals surface area contributed by atoms with Crippen molar-refractivity contribution in [1.29, 1.82) is 5.26 Å². The van der Waals surface area contributed by atoms with E-state index in [0.29, 0.717) is 22.8 Å². The Morgan fingerprint density at radius 2 is 2.22 bits per heavy atom. The maximum absolute atomic E-state index is 10.7. The molecule has 0 aliphatic carbocycles. The van der Waals surface area contributed by atoms with Gasteiger partial charge in [0.15, 0.2) is 0 Å². The van der Waals surface area contributed by atoms with Crippen molar-refractivity contribution in [3.63, 3.8) is 0 Å². The van der Waals surface area contributed by atoms with Crippen molar-refractivity contribution in [2.24, 2.45) is 7.05 Å². The Morgan fingerprint density at radius 3 is 2.83 bits per heavy atom. The van der Waals surface area contributed by atoms with Gasteiger partial charge in [-0.1, -0.05) is 0 Å². The Kier molecular flexibility index (Phi) is 3.38. The zero-order valence-electron chi connectivity index (χ0n) is 13.1. The predicted octanol–water partition coefficient (Wildman–Crippen LogP) is 0.954. The Hall–Kier alpha value is -2.79. The number of aliphatic hydroxyl groups excluding tert-OH is 1. The van der Waals surface area contributed by atoms with E-state index >= 15 is 0 Å². The van der Waals surface area contributed by atoms with Crippen LogP contribution < -0.4 is 15.8 Å². The van der Waals surface area contributed by atoms with Crippen LogP contribution >= 0.6 is 0 Å². The lowest BCUT2D eigenvalue weighted by atomic mass is 9.86. The number of aryl methyl sites for hydroxylation is 1. The van der Waals surface area contributed by atoms with Crippen LogP contribution in [0.1, 0.15) is 31.0 Å². The summed E-state index contributed by atoms with van der Waals surface area (Å²) in [4.78, 5) is 4.10. The third kappa shape index (κ3) is 2.55. The molecule has 23 heavy (non-hydrogen) atoms. The minimum Gasteiger partial charge on any atom is -0.485 e. The number of ether oxygens (including phenoxy) is 1. The molecule has 1 aromatic carbocycles. The molecule has 120 valence electrons. The second-order valence-electron chi connectivity index (χ2n) is 6.05. The largest absolute Gasteiger partial charge is 0.485 e. The van der Waals surface area contributed by atoms with Gasteiger partial charge in [0.05, 0.1) is 17.7 Å². The Balaban J connectivity index is 2.04. The van der Waals surface area contributed by atoms with Crippen LogP contribution in [-0.4, -0.2) is 31.6 Å². The average Bonchev–Trinajstić information content (AvgIpc) is 2.81. The molecular formula is C15H18N6O2. The van der Waals surface area contributed by atoms with Gasteiger partial charge in [-0.05, 0) is 32.0 Å². The summed E-state index contributed by atoms with van der Waals surface area (Å²) in [5, 5.41) is 27.0. The first kappa shape index (κ1) is 15.1. The lowest BCUT2D eigenvalue weighted by Crippen LogP contribution is -2.50. The molecule has 0 saturated heterocycles. The van der Waals surface area contributed by atoms with Crippen LogP contribution in [0, 0.1) is 11.3 Å². The summed E-state index contributed by atoms with van der Waals surface area (Å²) in [6.45, 7) is 3.60. The van der Waals surface area contributed by atoms with E-state index in [9.17, 15) is 5.11 Å². The monoisotopic (exact) mass is 314 g/mol. The van der Waals surface area contributed by atoms with Crippen molar-refractivity contribution in [3.8, 4) is 11.8 Å². The van der Waals surface area contributed by atoms with E-state index in [1.165, 1.54) is 4.68 Å². The van der Waals surface area contributed by atoms with Gasteiger partial charge in [0.25, 0.3) is 0 Å². The topological polar surface area (TPSA) is 122 Å². The molecule has 4 N–H and O–H groups in total. The SMILES string of the molecule is Cn1nc(N[C@@H]2c3cc(C#N)ccc3OC(C)(C)[C@H]2O)nc1N. The molecule has 0 spiro atoms. The highest BCUT2D eigenvalue weighted by molar-refractivity contribution is 5.49. The number of nitrogens with one attached hydrogen (secondary N) is 1. The molecule has 0 unspecified atom stereocenters. The zero-order chi connectivity index (χ0) is 16.8. The standard InChI is InChI=1S/C15H18N6O2/c1-15(2)12(22)11(18-14-19-13(17)21(3)20-14)9-6-8(7-16)4-5-10(9)23-15/h4-6,11-12,22H,1-3H3,(H3,17,18,19,20)/t11-,12+/m1/s1. The van der Waals surface area contributed by atoms with E-state index in [0.717, 1.165) is 0 Å². The van der Waals surface area contributed by atoms with E-state index in [4.69, 9.17) is 15.7 Å². The average molecular weight is 314 g/mol. The van der Waals surface area contributed by atoms with Crippen LogP contribution in [0.3, 0.4) is 0 Å². The number of hydrogen-bond acceptors (Lipinski definition) is 7. The lowest BCUT2D eigenvalue weighted by Gasteiger charge is -2.42. The van der Waals surface area contributed by atoms with Gasteiger partial charge in [-0.3, -0.25) is 0 Å². The van der Waals surface area contributed by atoms with Crippen LogP contribution in [0.25, 0.3) is 0 Å². The summed E-state index contributed by atoms with van der Waals surface area (Å²) >= 11 is 0. The summed E-state index contributed by atoms with van der Waals surface area (Å²) in [6, 6.07) is 6.67. The van der Waals surface area contributed by atoms with E-state index in [2.05, 4.69) is 21.5 Å². The fraction of sp³-hybridized carbons (Fsp3) is 0.400. The summed E-state index contributed by atoms with van der Waals surface area (Å²) < 4.78 is 7.29. The van der Waals surface area contributed by atoms with Crippen molar-refractivity contribution < 1.29 is 9.84 Å². The Labute approximate surface area is 133 Å². The predicted molar refractivity (Wildman–Crippen MR) is 83.6 cm³/mol. The van der Waals surface area contributed by atoms with Crippen LogP contribution in [0.5, 0.6) is 5.75 Å². The highest BCUT2D eigenvalue weighted by Gasteiger charge is 2.43. The van der Waals surface area contributed by atoms with Crippen molar-refractivity contribution in [2.75, 3.05) is 11.1 Å². The maximum atomic E-state index is 10.7. The van der Waals surface area contributed by atoms with E-state index < -0.39 is 17.7 Å². The van der Waals surface area contributed by atoms with Crippen LogP contribution in [0.15, 0.2) is 18.2 Å². The summed E-state index contributed by atoms with van der Waals surface area (Å²) in [5.74, 6) is 1.18. The molecule has 8 nitrogen and oxygen atoms in total. The smallest absolute Gasteiger partial charge is 0.244 e. The van der Waals surface area contributed by atoms with Crippen molar-refractivity contribution >= 4 is 11.9 Å².